The Balaban J connectivity index is 1.82. The van der Waals surface area contributed by atoms with Crippen molar-refractivity contribution in [2.24, 2.45) is 0 Å². The first kappa shape index (κ1) is 8.31. The van der Waals surface area contributed by atoms with Crippen LogP contribution in [0.5, 0.6) is 0 Å². The number of nitrogens with zero attached hydrogens (tertiary/aromatic N) is 3. The first-order chi connectivity index (χ1) is 6.92. The molecule has 0 amide bonds. The van der Waals surface area contributed by atoms with Crippen LogP contribution in [0.2, 0.25) is 0 Å². The first-order valence-corrected chi connectivity index (χ1v) is 6.06. The normalized spacial score (nSPS) is 15.7. The van der Waals surface area contributed by atoms with Crippen molar-refractivity contribution < 1.29 is 0 Å². The second kappa shape index (κ2) is 3.29. The largest absolute Gasteiger partial charge is 0.358 e. The minimum absolute atomic E-state index is 0.636. The zero-order chi connectivity index (χ0) is 9.38. The predicted molar refractivity (Wildman–Crippen MR) is 57.7 cm³/mol. The summed E-state index contributed by atoms with van der Waals surface area (Å²) in [6.45, 7) is 0. The number of anilines is 1. The third-order valence-electron chi connectivity index (χ3n) is 1.98. The van der Waals surface area contributed by atoms with Crippen LogP contribution >= 0.6 is 22.9 Å². The Bertz CT molecular complexity index is 418. The van der Waals surface area contributed by atoms with E-state index in [9.17, 15) is 0 Å². The maximum atomic E-state index is 4.40. The lowest BCUT2D eigenvalue weighted by Crippen LogP contribution is -1.99. The van der Waals surface area contributed by atoms with Crippen molar-refractivity contribution in [3.63, 3.8) is 0 Å². The molecule has 0 bridgehead atoms. The van der Waals surface area contributed by atoms with Crippen molar-refractivity contribution in [2.75, 3.05) is 5.32 Å². The van der Waals surface area contributed by atoms with Crippen molar-refractivity contribution >= 4 is 28.0 Å². The van der Waals surface area contributed by atoms with E-state index >= 15 is 0 Å². The van der Waals surface area contributed by atoms with Gasteiger partial charge in [-0.3, -0.25) is 4.98 Å². The second-order valence-corrected chi connectivity index (χ2v) is 4.85. The van der Waals surface area contributed by atoms with E-state index in [2.05, 4.69) is 19.7 Å². The van der Waals surface area contributed by atoms with E-state index in [1.165, 1.54) is 24.4 Å². The van der Waals surface area contributed by atoms with E-state index in [0.717, 1.165) is 15.8 Å². The van der Waals surface area contributed by atoms with Crippen LogP contribution in [0.3, 0.4) is 0 Å². The molecule has 3 rings (SSSR count). The highest BCUT2D eigenvalue weighted by atomic mass is 32.1. The van der Waals surface area contributed by atoms with Gasteiger partial charge in [-0.2, -0.15) is 9.36 Å². The fraction of sp³-hybridized carbons (Fsp3) is 0.375. The van der Waals surface area contributed by atoms with Crippen molar-refractivity contribution in [3.8, 4) is 10.7 Å². The van der Waals surface area contributed by atoms with E-state index in [4.69, 9.17) is 0 Å². The van der Waals surface area contributed by atoms with Crippen LogP contribution in [-0.4, -0.2) is 20.4 Å². The molecule has 1 aliphatic rings. The Labute approximate surface area is 89.2 Å². The average molecular weight is 224 g/mol. The first-order valence-electron chi connectivity index (χ1n) is 4.41. The summed E-state index contributed by atoms with van der Waals surface area (Å²) in [5.41, 5.74) is 1.80. The molecule has 6 heteroatoms. The summed E-state index contributed by atoms with van der Waals surface area (Å²) in [5, 5.41) is 4.25. The molecule has 0 aromatic carbocycles. The van der Waals surface area contributed by atoms with E-state index in [0.29, 0.717) is 6.04 Å². The maximum Gasteiger partial charge on any atom is 0.203 e. The number of hydrogen-bond acceptors (Lipinski definition) is 6. The molecule has 1 N–H and O–H groups in total. The minimum Gasteiger partial charge on any atom is -0.358 e. The van der Waals surface area contributed by atoms with Crippen LogP contribution in [0.25, 0.3) is 10.7 Å². The summed E-state index contributed by atoms with van der Waals surface area (Å²) < 4.78 is 4.28. The second-order valence-electron chi connectivity index (χ2n) is 3.21. The Morgan fingerprint density at radius 1 is 1.43 bits per heavy atom. The molecule has 1 saturated carbocycles. The number of nitrogens with one attached hydrogen (secondary N) is 1. The molecule has 72 valence electrons. The third-order valence-corrected chi connectivity index (χ3v) is 3.40. The van der Waals surface area contributed by atoms with Gasteiger partial charge >= 0.3 is 0 Å². The summed E-state index contributed by atoms with van der Waals surface area (Å²) in [7, 11) is 0. The van der Waals surface area contributed by atoms with Gasteiger partial charge in [0, 0.05) is 23.8 Å². The molecule has 0 atom stereocenters. The van der Waals surface area contributed by atoms with Crippen LogP contribution in [0.1, 0.15) is 12.8 Å². The highest BCUT2D eigenvalue weighted by Crippen LogP contribution is 2.28. The van der Waals surface area contributed by atoms with Crippen molar-refractivity contribution in [3.05, 3.63) is 11.7 Å². The quantitative estimate of drug-likeness (QED) is 0.868. The number of thiazole rings is 1. The van der Waals surface area contributed by atoms with Crippen LogP contribution in [-0.2, 0) is 0 Å². The molecular weight excluding hydrogens is 216 g/mol. The van der Waals surface area contributed by atoms with Gasteiger partial charge in [0.25, 0.3) is 0 Å². The molecule has 4 nitrogen and oxygen atoms in total. The maximum absolute atomic E-state index is 4.40. The lowest BCUT2D eigenvalue weighted by Gasteiger charge is -1.94. The molecule has 1 fully saturated rings. The number of rotatable bonds is 3. The van der Waals surface area contributed by atoms with E-state index < -0.39 is 0 Å². The standard InChI is InChI=1S/C8H8N4S2/c1-2-5(1)10-8-11-7(12-14-8)6-3-9-4-13-6/h3-5H,1-2H2,(H,10,11,12). The Morgan fingerprint density at radius 3 is 3.07 bits per heavy atom. The minimum atomic E-state index is 0.636. The van der Waals surface area contributed by atoms with E-state index in [1.807, 2.05) is 0 Å². The molecule has 0 unspecified atom stereocenters. The summed E-state index contributed by atoms with van der Waals surface area (Å²) in [4.78, 5) is 9.44. The summed E-state index contributed by atoms with van der Waals surface area (Å²) >= 11 is 2.99. The lowest BCUT2D eigenvalue weighted by molar-refractivity contribution is 1.14. The highest BCUT2D eigenvalue weighted by Gasteiger charge is 2.22. The topological polar surface area (TPSA) is 50.7 Å². The van der Waals surface area contributed by atoms with Gasteiger partial charge in [-0.25, -0.2) is 0 Å². The molecule has 2 aromatic heterocycles. The Hall–Kier alpha value is -1.01. The van der Waals surface area contributed by atoms with Gasteiger partial charge in [-0.1, -0.05) is 0 Å². The summed E-state index contributed by atoms with van der Waals surface area (Å²) in [6, 6.07) is 0.636. The van der Waals surface area contributed by atoms with Crippen LogP contribution in [0.4, 0.5) is 5.13 Å². The highest BCUT2D eigenvalue weighted by molar-refractivity contribution is 7.13. The molecular formula is C8H8N4S2. The van der Waals surface area contributed by atoms with Crippen molar-refractivity contribution in [1.82, 2.24) is 14.3 Å². The fourth-order valence-corrected chi connectivity index (χ4v) is 2.38. The predicted octanol–water partition coefficient (Wildman–Crippen LogP) is 2.24. The van der Waals surface area contributed by atoms with Crippen LogP contribution in [0, 0.1) is 0 Å². The molecule has 14 heavy (non-hydrogen) atoms. The van der Waals surface area contributed by atoms with E-state index in [1.54, 1.807) is 23.0 Å². The molecule has 2 aromatic rings. The summed E-state index contributed by atoms with van der Waals surface area (Å²) in [6.07, 6.45) is 4.32. The molecule has 2 heterocycles. The van der Waals surface area contributed by atoms with Crippen LogP contribution < -0.4 is 5.32 Å². The van der Waals surface area contributed by atoms with Crippen molar-refractivity contribution in [1.29, 1.82) is 0 Å². The van der Waals surface area contributed by atoms with E-state index in [-0.39, 0.29) is 0 Å². The van der Waals surface area contributed by atoms with Gasteiger partial charge in [-0.15, -0.1) is 11.3 Å². The van der Waals surface area contributed by atoms with Gasteiger partial charge in [0.05, 0.1) is 10.4 Å². The SMILES string of the molecule is c1ncc(-c2nsc(NC3CC3)n2)s1. The Kier molecular flexibility index (Phi) is 1.95. The smallest absolute Gasteiger partial charge is 0.203 e. The number of aromatic nitrogens is 3. The summed E-state index contributed by atoms with van der Waals surface area (Å²) in [5.74, 6) is 0.792. The van der Waals surface area contributed by atoms with Gasteiger partial charge in [-0.05, 0) is 12.8 Å². The van der Waals surface area contributed by atoms with Crippen LogP contribution in [0.15, 0.2) is 11.7 Å². The molecule has 0 spiro atoms. The molecule has 0 saturated heterocycles. The van der Waals surface area contributed by atoms with Gasteiger partial charge in [0.2, 0.25) is 5.13 Å². The van der Waals surface area contributed by atoms with Gasteiger partial charge in [0.15, 0.2) is 5.82 Å². The zero-order valence-electron chi connectivity index (χ0n) is 7.30. The molecule has 0 aliphatic heterocycles. The molecule has 0 radical (unpaired) electrons. The fourth-order valence-electron chi connectivity index (χ4n) is 1.11. The van der Waals surface area contributed by atoms with Gasteiger partial charge in [0.1, 0.15) is 0 Å². The number of hydrogen-bond donors (Lipinski definition) is 1. The lowest BCUT2D eigenvalue weighted by atomic mass is 10.5. The molecule has 1 aliphatic carbocycles. The monoisotopic (exact) mass is 224 g/mol. The zero-order valence-corrected chi connectivity index (χ0v) is 8.94. The third kappa shape index (κ3) is 1.62. The Morgan fingerprint density at radius 2 is 2.36 bits per heavy atom. The average Bonchev–Trinajstić information content (AvgIpc) is 2.71. The van der Waals surface area contributed by atoms with Crippen molar-refractivity contribution in [2.45, 2.75) is 18.9 Å². The van der Waals surface area contributed by atoms with Gasteiger partial charge < -0.3 is 5.32 Å².